The molecular weight excluding hydrogens is 399 g/mol. The predicted octanol–water partition coefficient (Wildman–Crippen LogP) is 4.17. The fourth-order valence-electron chi connectivity index (χ4n) is 2.51. The van der Waals surface area contributed by atoms with Crippen LogP contribution in [0.4, 0.5) is 5.69 Å². The molecule has 0 spiro atoms. The maximum Gasteiger partial charge on any atom is 0.266 e. The van der Waals surface area contributed by atoms with E-state index < -0.39 is 5.37 Å². The quantitative estimate of drug-likeness (QED) is 0.618. The summed E-state index contributed by atoms with van der Waals surface area (Å²) >= 11 is 12.6. The minimum Gasteiger partial charge on any atom is -0.342 e. The van der Waals surface area contributed by atoms with Crippen LogP contribution in [0.1, 0.15) is 4.79 Å². The van der Waals surface area contributed by atoms with E-state index >= 15 is 0 Å². The van der Waals surface area contributed by atoms with Crippen molar-refractivity contribution in [2.24, 2.45) is 0 Å². The molecule has 1 aliphatic rings. The molecule has 0 amide bonds. The second kappa shape index (κ2) is 7.21. The molecule has 0 aliphatic carbocycles. The number of nitrogens with one attached hydrogen (secondary N) is 2. The molecule has 9 heteroatoms. The zero-order valence-electron chi connectivity index (χ0n) is 12.6. The van der Waals surface area contributed by atoms with Gasteiger partial charge in [0.05, 0.1) is 11.0 Å². The van der Waals surface area contributed by atoms with Crippen LogP contribution in [0.2, 0.25) is 5.02 Å². The summed E-state index contributed by atoms with van der Waals surface area (Å²) in [6, 6.07) is 14.8. The van der Waals surface area contributed by atoms with Crippen LogP contribution in [0.3, 0.4) is 0 Å². The van der Waals surface area contributed by atoms with Gasteiger partial charge in [0.15, 0.2) is 15.6 Å². The summed E-state index contributed by atoms with van der Waals surface area (Å²) in [5.41, 5.74) is 2.38. The molecule has 1 aromatic heterocycles. The van der Waals surface area contributed by atoms with Crippen LogP contribution in [0.15, 0.2) is 53.7 Å². The summed E-state index contributed by atoms with van der Waals surface area (Å²) < 4.78 is 1.62. The van der Waals surface area contributed by atoms with E-state index in [0.717, 1.165) is 16.7 Å². The summed E-state index contributed by atoms with van der Waals surface area (Å²) in [4.78, 5) is 17.1. The summed E-state index contributed by atoms with van der Waals surface area (Å²) in [5.74, 6) is -0.0843. The van der Waals surface area contributed by atoms with Gasteiger partial charge in [0.25, 0.3) is 5.91 Å². The molecule has 128 valence electrons. The van der Waals surface area contributed by atoms with E-state index in [0.29, 0.717) is 15.3 Å². The highest BCUT2D eigenvalue weighted by Crippen LogP contribution is 2.33. The number of nitrogens with zero attached hydrogens (tertiary/aromatic N) is 2. The lowest BCUT2D eigenvalue weighted by Gasteiger charge is -2.14. The van der Waals surface area contributed by atoms with Gasteiger partial charge < -0.3 is 10.6 Å². The predicted molar refractivity (Wildman–Crippen MR) is 108 cm³/mol. The maximum atomic E-state index is 12.6. The molecule has 1 aliphatic heterocycles. The van der Waals surface area contributed by atoms with Crippen LogP contribution in [0.25, 0.3) is 11.0 Å². The number of halogens is 2. The van der Waals surface area contributed by atoms with Crippen molar-refractivity contribution in [2.75, 3.05) is 5.32 Å². The lowest BCUT2D eigenvalue weighted by molar-refractivity contribution is 0.0910. The first-order valence-corrected chi connectivity index (χ1v) is 8.80. The van der Waals surface area contributed by atoms with Gasteiger partial charge in [-0.05, 0) is 42.5 Å². The molecule has 0 fully saturated rings. The van der Waals surface area contributed by atoms with Gasteiger partial charge in [-0.25, -0.2) is 4.98 Å². The Kier molecular flexibility index (Phi) is 5.19. The highest BCUT2D eigenvalue weighted by atomic mass is 35.5. The Morgan fingerprint density at radius 1 is 1.24 bits per heavy atom. The van der Waals surface area contributed by atoms with E-state index in [-0.39, 0.29) is 18.3 Å². The van der Waals surface area contributed by atoms with E-state index in [1.807, 2.05) is 36.4 Å². The van der Waals surface area contributed by atoms with Gasteiger partial charge in [-0.1, -0.05) is 41.6 Å². The lowest BCUT2D eigenvalue weighted by atomic mass is 10.3. The number of thioether (sulfide) groups is 1. The number of anilines is 1. The third-order valence-electron chi connectivity index (χ3n) is 3.54. The van der Waals surface area contributed by atoms with Gasteiger partial charge in [0.2, 0.25) is 0 Å². The molecule has 0 radical (unpaired) electrons. The number of aromatic nitrogens is 2. The topological polar surface area (TPSA) is 59.0 Å². The molecule has 4 rings (SSSR count). The number of hydrogen-bond donors (Lipinski definition) is 2. The maximum absolute atomic E-state index is 12.6. The van der Waals surface area contributed by atoms with E-state index in [9.17, 15) is 4.79 Å². The largest absolute Gasteiger partial charge is 0.342 e. The zero-order chi connectivity index (χ0) is 16.7. The molecule has 0 saturated carbocycles. The highest BCUT2D eigenvalue weighted by molar-refractivity contribution is 8.01. The third-order valence-corrected chi connectivity index (χ3v) is 5.04. The highest BCUT2D eigenvalue weighted by Gasteiger charge is 2.34. The third kappa shape index (κ3) is 3.46. The van der Waals surface area contributed by atoms with Crippen molar-refractivity contribution >= 4 is 75.7 Å². The molecule has 2 heterocycles. The molecule has 1 unspecified atom stereocenters. The number of thiocarbonyl (C=S) groups is 1. The molecule has 2 N–H and O–H groups in total. The normalized spacial score (nSPS) is 15.6. The Labute approximate surface area is 164 Å². The summed E-state index contributed by atoms with van der Waals surface area (Å²) in [6.07, 6.45) is 0. The Hall–Kier alpha value is -1.80. The van der Waals surface area contributed by atoms with Gasteiger partial charge in [-0.3, -0.25) is 9.36 Å². The van der Waals surface area contributed by atoms with Crippen LogP contribution in [-0.4, -0.2) is 25.9 Å². The fourth-order valence-corrected chi connectivity index (χ4v) is 4.05. The number of carbonyl (C=O) groups excluding carboxylic acids is 1. The van der Waals surface area contributed by atoms with Crippen molar-refractivity contribution in [2.45, 2.75) is 10.5 Å². The van der Waals surface area contributed by atoms with Crippen molar-refractivity contribution in [3.05, 3.63) is 53.6 Å². The van der Waals surface area contributed by atoms with Gasteiger partial charge in [0, 0.05) is 10.7 Å². The summed E-state index contributed by atoms with van der Waals surface area (Å²) in [7, 11) is 0. The van der Waals surface area contributed by atoms with Crippen molar-refractivity contribution in [1.29, 1.82) is 0 Å². The summed E-state index contributed by atoms with van der Waals surface area (Å²) in [6.45, 7) is 0. The molecule has 2 aromatic carbocycles. The first-order chi connectivity index (χ1) is 11.6. The Bertz CT molecular complexity index is 976. The average Bonchev–Trinajstić information content (AvgIpc) is 3.04. The van der Waals surface area contributed by atoms with Crippen LogP contribution < -0.4 is 10.6 Å². The molecule has 0 bridgehead atoms. The first kappa shape index (κ1) is 18.0. The smallest absolute Gasteiger partial charge is 0.266 e. The molecule has 5 nitrogen and oxygen atoms in total. The zero-order valence-corrected chi connectivity index (χ0v) is 15.8. The SMILES string of the molecule is Cl.O=C1C(NC(=S)Nc2cccc(Cl)c2)Sc2nc3ccccc3n21. The van der Waals surface area contributed by atoms with Crippen LogP contribution in [0, 0.1) is 0 Å². The van der Waals surface area contributed by atoms with E-state index in [1.54, 1.807) is 16.7 Å². The van der Waals surface area contributed by atoms with Crippen molar-refractivity contribution < 1.29 is 4.79 Å². The molecule has 0 saturated heterocycles. The summed E-state index contributed by atoms with van der Waals surface area (Å²) in [5, 5.41) is 7.19. The number of imidazole rings is 1. The number of carbonyl (C=O) groups is 1. The number of rotatable bonds is 2. The fraction of sp³-hybridized carbons (Fsp3) is 0.0625. The number of hydrogen-bond acceptors (Lipinski definition) is 4. The minimum atomic E-state index is -0.503. The van der Waals surface area contributed by atoms with Crippen molar-refractivity contribution in [3.8, 4) is 0 Å². The molecule has 3 aromatic rings. The standard InChI is InChI=1S/C16H11ClN4OS2.ClH/c17-9-4-3-5-10(8-9)18-15(23)20-13-14(22)21-12-7-2-1-6-11(12)19-16(21)24-13;/h1-8,13H,(H2,18,20,23);1H. The average molecular weight is 411 g/mol. The number of fused-ring (bicyclic) bond motifs is 3. The van der Waals surface area contributed by atoms with Gasteiger partial charge in [-0.2, -0.15) is 0 Å². The Morgan fingerprint density at radius 3 is 2.84 bits per heavy atom. The molecular formula is C16H12Cl2N4OS2. The Morgan fingerprint density at radius 2 is 2.04 bits per heavy atom. The van der Waals surface area contributed by atoms with E-state index in [1.165, 1.54) is 11.8 Å². The monoisotopic (exact) mass is 410 g/mol. The van der Waals surface area contributed by atoms with Crippen molar-refractivity contribution in [3.63, 3.8) is 0 Å². The van der Waals surface area contributed by atoms with Crippen molar-refractivity contribution in [1.82, 2.24) is 14.9 Å². The number of para-hydroxylation sites is 2. The van der Waals surface area contributed by atoms with Gasteiger partial charge in [0.1, 0.15) is 0 Å². The van der Waals surface area contributed by atoms with Crippen LogP contribution in [0.5, 0.6) is 0 Å². The lowest BCUT2D eigenvalue weighted by Crippen LogP contribution is -2.40. The minimum absolute atomic E-state index is 0. The molecule has 25 heavy (non-hydrogen) atoms. The Balaban J connectivity index is 0.00000182. The second-order valence-corrected chi connectivity index (χ2v) is 7.08. The van der Waals surface area contributed by atoms with Gasteiger partial charge >= 0.3 is 0 Å². The van der Waals surface area contributed by atoms with E-state index in [2.05, 4.69) is 15.6 Å². The second-order valence-electron chi connectivity index (χ2n) is 5.16. The van der Waals surface area contributed by atoms with Crippen LogP contribution >= 0.6 is 48.0 Å². The number of benzene rings is 2. The van der Waals surface area contributed by atoms with Crippen LogP contribution in [-0.2, 0) is 0 Å². The first-order valence-electron chi connectivity index (χ1n) is 7.13. The molecule has 1 atom stereocenters. The van der Waals surface area contributed by atoms with E-state index in [4.69, 9.17) is 23.8 Å². The van der Waals surface area contributed by atoms with Gasteiger partial charge in [-0.15, -0.1) is 12.4 Å².